The van der Waals surface area contributed by atoms with Crippen LogP contribution in [-0.2, 0) is 14.4 Å². The van der Waals surface area contributed by atoms with Crippen LogP contribution in [0.1, 0.15) is 34.1 Å². The van der Waals surface area contributed by atoms with E-state index in [2.05, 4.69) is 24.8 Å². The molecule has 45 heavy (non-hydrogen) atoms. The molecule has 0 aliphatic carbocycles. The second kappa shape index (κ2) is 12.7. The van der Waals surface area contributed by atoms with Crippen LogP contribution in [0.5, 0.6) is 0 Å². The van der Waals surface area contributed by atoms with Crippen LogP contribution >= 0.6 is 11.8 Å². The second-order valence-corrected chi connectivity index (χ2v) is 14.0. The molecule has 0 bridgehead atoms. The van der Waals surface area contributed by atoms with E-state index in [9.17, 15) is 19.5 Å². The molecule has 1 N–H and O–H groups in total. The third kappa shape index (κ3) is 5.08. The molecule has 1 spiro atoms. The molecule has 4 aliphatic rings. The lowest BCUT2D eigenvalue weighted by atomic mass is 9.78. The molecule has 7 atom stereocenters. The fourth-order valence-electron chi connectivity index (χ4n) is 7.75. The summed E-state index contributed by atoms with van der Waals surface area (Å²) in [6, 6.07) is 16.2. The number of benzene rings is 2. The largest absolute Gasteiger partial charge is 0.394 e. The summed E-state index contributed by atoms with van der Waals surface area (Å²) in [6.45, 7) is 10.6. The summed E-state index contributed by atoms with van der Waals surface area (Å²) in [5.74, 6) is -1.90. The molecule has 4 heterocycles. The number of amides is 3. The van der Waals surface area contributed by atoms with Gasteiger partial charge in [-0.15, -0.1) is 11.8 Å². The van der Waals surface area contributed by atoms with Gasteiger partial charge >= 0.3 is 0 Å². The van der Waals surface area contributed by atoms with Gasteiger partial charge in [-0.25, -0.2) is 0 Å². The van der Waals surface area contributed by atoms with Crippen molar-refractivity contribution in [3.63, 3.8) is 0 Å². The standard InChI is InChI=1S/C36H44N4O4S/c1-5-24(4)28(23-41)40-32-35(44)39(27-18-16-25(17-19-27)37(6-2)7-3)22-12-20-36(32)31(34(40)43)30-29(45-36)15-11-21-38(33(30)42)26-13-9-8-10-14-26/h8-20,24,28-32,41H,5-7,21-23H2,1-4H3/t24-,28-,29+,30-,31-,32?,36-/m0/s1. The van der Waals surface area contributed by atoms with Gasteiger partial charge < -0.3 is 24.7 Å². The minimum atomic E-state index is -0.944. The number of carbonyl (C=O) groups excluding carboxylic acids is 3. The Morgan fingerprint density at radius 1 is 0.889 bits per heavy atom. The van der Waals surface area contributed by atoms with Crippen molar-refractivity contribution in [3.8, 4) is 0 Å². The van der Waals surface area contributed by atoms with E-state index >= 15 is 0 Å². The molecule has 1 unspecified atom stereocenters. The molecule has 0 radical (unpaired) electrons. The molecule has 2 fully saturated rings. The van der Waals surface area contributed by atoms with Crippen LogP contribution < -0.4 is 14.7 Å². The molecule has 0 saturated carbocycles. The number of fused-ring (bicyclic) bond motifs is 2. The maximum Gasteiger partial charge on any atom is 0.251 e. The minimum absolute atomic E-state index is 0.0389. The Kier molecular flexibility index (Phi) is 8.85. The molecule has 0 aromatic heterocycles. The number of hydrogen-bond acceptors (Lipinski definition) is 6. The zero-order valence-electron chi connectivity index (χ0n) is 26.6. The SMILES string of the molecule is CC[C@H](C)[C@H](CO)N1C(=O)[C@@H]2[C@H]3C(=O)N(c4ccccc4)CC=C[C@H]3S[C@@]23C=CCN(c2ccc(N(CC)CC)cc2)C(=O)C13. The van der Waals surface area contributed by atoms with Crippen molar-refractivity contribution in [2.24, 2.45) is 17.8 Å². The zero-order valence-corrected chi connectivity index (χ0v) is 27.4. The summed E-state index contributed by atoms with van der Waals surface area (Å²) < 4.78 is -0.944. The van der Waals surface area contributed by atoms with E-state index in [0.29, 0.717) is 13.1 Å². The maximum absolute atomic E-state index is 14.9. The maximum atomic E-state index is 14.9. The van der Waals surface area contributed by atoms with E-state index in [0.717, 1.165) is 36.6 Å². The first-order valence-electron chi connectivity index (χ1n) is 16.3. The third-order valence-corrected chi connectivity index (χ3v) is 12.0. The van der Waals surface area contributed by atoms with Crippen molar-refractivity contribution in [2.75, 3.05) is 47.5 Å². The quantitative estimate of drug-likeness (QED) is 0.404. The van der Waals surface area contributed by atoms with Crippen molar-refractivity contribution in [1.29, 1.82) is 0 Å². The number of carbonyl (C=O) groups is 3. The average Bonchev–Trinajstić information content (AvgIpc) is 3.38. The Bertz CT molecular complexity index is 1480. The number of rotatable bonds is 9. The fourth-order valence-corrected chi connectivity index (χ4v) is 9.75. The fraction of sp³-hybridized carbons (Fsp3) is 0.472. The van der Waals surface area contributed by atoms with Gasteiger partial charge in [0.1, 0.15) is 6.04 Å². The van der Waals surface area contributed by atoms with Gasteiger partial charge in [-0.1, -0.05) is 62.8 Å². The second-order valence-electron chi connectivity index (χ2n) is 12.5. The van der Waals surface area contributed by atoms with E-state index in [1.807, 2.05) is 86.7 Å². The van der Waals surface area contributed by atoms with Crippen molar-refractivity contribution in [2.45, 2.75) is 56.2 Å². The van der Waals surface area contributed by atoms with Crippen molar-refractivity contribution >= 4 is 46.5 Å². The molecule has 9 heteroatoms. The highest BCUT2D eigenvalue weighted by Crippen LogP contribution is 2.61. The Labute approximate surface area is 270 Å². The van der Waals surface area contributed by atoms with Crippen LogP contribution in [0.4, 0.5) is 17.1 Å². The molecule has 4 aliphatic heterocycles. The lowest BCUT2D eigenvalue weighted by Crippen LogP contribution is -2.58. The molecule has 2 aromatic carbocycles. The highest BCUT2D eigenvalue weighted by Gasteiger charge is 2.72. The topological polar surface area (TPSA) is 84.4 Å². The summed E-state index contributed by atoms with van der Waals surface area (Å²) >= 11 is 1.57. The number of aliphatic hydroxyl groups is 1. The van der Waals surface area contributed by atoms with Gasteiger partial charge in [0.15, 0.2) is 0 Å². The number of likely N-dealkylation sites (tertiary alicyclic amines) is 1. The van der Waals surface area contributed by atoms with Crippen LogP contribution in [0.25, 0.3) is 0 Å². The molecular weight excluding hydrogens is 584 g/mol. The predicted molar refractivity (Wildman–Crippen MR) is 181 cm³/mol. The molecule has 8 nitrogen and oxygen atoms in total. The molecule has 2 saturated heterocycles. The predicted octanol–water partition coefficient (Wildman–Crippen LogP) is 4.74. The summed E-state index contributed by atoms with van der Waals surface area (Å²) in [7, 11) is 0. The van der Waals surface area contributed by atoms with E-state index in [4.69, 9.17) is 0 Å². The number of hydrogen-bond donors (Lipinski definition) is 1. The van der Waals surface area contributed by atoms with Gasteiger partial charge in [0.05, 0.1) is 29.2 Å². The number of thioether (sulfide) groups is 1. The van der Waals surface area contributed by atoms with E-state index in [1.165, 1.54) is 0 Å². The molecule has 3 amide bonds. The molecule has 238 valence electrons. The zero-order chi connectivity index (χ0) is 31.9. The first-order chi connectivity index (χ1) is 21.8. The van der Waals surface area contributed by atoms with Crippen LogP contribution in [0.15, 0.2) is 78.9 Å². The van der Waals surface area contributed by atoms with Crippen molar-refractivity contribution in [1.82, 2.24) is 4.90 Å². The highest BCUT2D eigenvalue weighted by molar-refractivity contribution is 8.02. The lowest BCUT2D eigenvalue weighted by Gasteiger charge is -2.40. The summed E-state index contributed by atoms with van der Waals surface area (Å²) in [5.41, 5.74) is 2.64. The minimum Gasteiger partial charge on any atom is -0.394 e. The van der Waals surface area contributed by atoms with E-state index in [1.54, 1.807) is 26.5 Å². The first kappa shape index (κ1) is 31.4. The Morgan fingerprint density at radius 2 is 1.53 bits per heavy atom. The number of aliphatic hydroxyl groups excluding tert-OH is 1. The van der Waals surface area contributed by atoms with Gasteiger partial charge in [0, 0.05) is 48.5 Å². The van der Waals surface area contributed by atoms with Gasteiger partial charge in [-0.2, -0.15) is 0 Å². The summed E-state index contributed by atoms with van der Waals surface area (Å²) in [6.07, 6.45) is 8.85. The van der Waals surface area contributed by atoms with Crippen molar-refractivity contribution < 1.29 is 19.5 Å². The molecule has 6 rings (SSSR count). The average molecular weight is 629 g/mol. The first-order valence-corrected chi connectivity index (χ1v) is 17.2. The van der Waals surface area contributed by atoms with Crippen LogP contribution in [0.2, 0.25) is 0 Å². The van der Waals surface area contributed by atoms with Crippen LogP contribution in [0, 0.1) is 17.8 Å². The monoisotopic (exact) mass is 628 g/mol. The lowest BCUT2D eigenvalue weighted by molar-refractivity contribution is -0.142. The Hall–Kier alpha value is -3.56. The van der Waals surface area contributed by atoms with Crippen LogP contribution in [0.3, 0.4) is 0 Å². The number of nitrogens with zero attached hydrogens (tertiary/aromatic N) is 4. The summed E-state index contributed by atoms with van der Waals surface area (Å²) in [5, 5.41) is 10.5. The Balaban J connectivity index is 1.44. The van der Waals surface area contributed by atoms with Gasteiger partial charge in [0.2, 0.25) is 11.8 Å². The highest BCUT2D eigenvalue weighted by atomic mass is 32.2. The smallest absolute Gasteiger partial charge is 0.251 e. The normalized spacial score (nSPS) is 28.8. The van der Waals surface area contributed by atoms with Gasteiger partial charge in [0.25, 0.3) is 5.91 Å². The molecule has 2 aromatic rings. The number of para-hydroxylation sites is 1. The summed E-state index contributed by atoms with van der Waals surface area (Å²) in [4.78, 5) is 51.6. The van der Waals surface area contributed by atoms with Crippen LogP contribution in [-0.4, -0.2) is 82.6 Å². The van der Waals surface area contributed by atoms with E-state index in [-0.39, 0.29) is 35.5 Å². The molecular formula is C36H44N4O4S. The number of anilines is 3. The Morgan fingerprint density at radius 3 is 2.18 bits per heavy atom. The van der Waals surface area contributed by atoms with Gasteiger partial charge in [-0.05, 0) is 56.2 Å². The van der Waals surface area contributed by atoms with Crippen molar-refractivity contribution in [3.05, 3.63) is 78.9 Å². The van der Waals surface area contributed by atoms with E-state index < -0.39 is 28.7 Å². The van der Waals surface area contributed by atoms with Gasteiger partial charge in [-0.3, -0.25) is 14.4 Å². The third-order valence-electron chi connectivity index (χ3n) is 10.3.